The van der Waals surface area contributed by atoms with Gasteiger partial charge in [-0.25, -0.2) is 0 Å². The number of aliphatic imine (C=N–C) groups is 1. The molecule has 2 aromatic heterocycles. The van der Waals surface area contributed by atoms with Crippen molar-refractivity contribution in [3.8, 4) is 11.3 Å². The zero-order chi connectivity index (χ0) is 16.1. The van der Waals surface area contributed by atoms with Crippen molar-refractivity contribution >= 4 is 27.5 Å². The first-order valence-electron chi connectivity index (χ1n) is 8.19. The number of fused-ring (bicyclic) bond motifs is 2. The molecule has 24 heavy (non-hydrogen) atoms. The van der Waals surface area contributed by atoms with Crippen molar-refractivity contribution in [1.82, 2.24) is 10.3 Å². The van der Waals surface area contributed by atoms with E-state index in [1.165, 1.54) is 10.9 Å². The van der Waals surface area contributed by atoms with Crippen molar-refractivity contribution in [2.24, 2.45) is 4.99 Å². The van der Waals surface area contributed by atoms with Crippen molar-refractivity contribution < 1.29 is 4.42 Å². The lowest BCUT2D eigenvalue weighted by Gasteiger charge is -2.04. The highest BCUT2D eigenvalue weighted by molar-refractivity contribution is 6.12. The number of rotatable bonds is 2. The molecular formula is C20H17N3O. The molecule has 0 amide bonds. The van der Waals surface area contributed by atoms with E-state index >= 15 is 0 Å². The third-order valence-corrected chi connectivity index (χ3v) is 4.67. The number of H-pyrrole nitrogens is 1. The van der Waals surface area contributed by atoms with Crippen LogP contribution in [-0.2, 0) is 0 Å². The first kappa shape index (κ1) is 13.4. The van der Waals surface area contributed by atoms with Gasteiger partial charge < -0.3 is 14.7 Å². The topological polar surface area (TPSA) is 53.3 Å². The normalized spacial score (nSPS) is 14.3. The van der Waals surface area contributed by atoms with E-state index in [0.717, 1.165) is 52.2 Å². The highest BCUT2D eigenvalue weighted by Crippen LogP contribution is 2.33. The Kier molecular flexibility index (Phi) is 2.80. The summed E-state index contributed by atoms with van der Waals surface area (Å²) in [6.45, 7) is 3.84. The van der Waals surface area contributed by atoms with Crippen LogP contribution in [0, 0.1) is 6.92 Å². The Balaban J connectivity index is 1.74. The number of furan rings is 1. The minimum atomic E-state index is 0.837. The van der Waals surface area contributed by atoms with Gasteiger partial charge in [-0.3, -0.25) is 4.99 Å². The number of aromatic amines is 1. The molecule has 0 bridgehead atoms. The van der Waals surface area contributed by atoms with E-state index in [1.54, 1.807) is 0 Å². The van der Waals surface area contributed by atoms with Crippen molar-refractivity contribution in [3.63, 3.8) is 0 Å². The molecule has 0 radical (unpaired) electrons. The summed E-state index contributed by atoms with van der Waals surface area (Å²) in [5.74, 6) is 1.90. The van der Waals surface area contributed by atoms with Gasteiger partial charge in [0, 0.05) is 45.0 Å². The summed E-state index contributed by atoms with van der Waals surface area (Å²) in [6.07, 6.45) is 1.82. The summed E-state index contributed by atoms with van der Waals surface area (Å²) in [5, 5.41) is 6.83. The molecule has 1 aliphatic rings. The molecule has 4 aromatic rings. The molecule has 5 rings (SSSR count). The number of aromatic nitrogens is 1. The molecular weight excluding hydrogens is 298 g/mol. The van der Waals surface area contributed by atoms with Gasteiger partial charge in [0.1, 0.15) is 11.6 Å². The molecule has 2 aromatic carbocycles. The summed E-state index contributed by atoms with van der Waals surface area (Å²) in [5.41, 5.74) is 4.51. The van der Waals surface area contributed by atoms with Crippen LogP contribution in [0.2, 0.25) is 0 Å². The van der Waals surface area contributed by atoms with Gasteiger partial charge in [-0.05, 0) is 25.1 Å². The number of hydrogen-bond donors (Lipinski definition) is 2. The quantitative estimate of drug-likeness (QED) is 0.581. The SMILES string of the molecule is Cc1[nH]c2ccc(-c3occ4ccccc34)cc2c1C1=NCCN1. The maximum absolute atomic E-state index is 5.87. The van der Waals surface area contributed by atoms with E-state index in [1.807, 2.05) is 18.4 Å². The number of amidine groups is 1. The average Bonchev–Trinajstić information content (AvgIpc) is 3.31. The van der Waals surface area contributed by atoms with Gasteiger partial charge in [0.25, 0.3) is 0 Å². The van der Waals surface area contributed by atoms with Gasteiger partial charge in [0.2, 0.25) is 0 Å². The van der Waals surface area contributed by atoms with Gasteiger partial charge in [0.15, 0.2) is 0 Å². The van der Waals surface area contributed by atoms with E-state index in [4.69, 9.17) is 4.42 Å². The first-order valence-corrected chi connectivity index (χ1v) is 8.19. The summed E-state index contributed by atoms with van der Waals surface area (Å²) in [7, 11) is 0. The third kappa shape index (κ3) is 1.89. The van der Waals surface area contributed by atoms with Crippen molar-refractivity contribution in [2.45, 2.75) is 6.92 Å². The molecule has 2 N–H and O–H groups in total. The fourth-order valence-corrected chi connectivity index (χ4v) is 3.55. The minimum Gasteiger partial charge on any atom is -0.463 e. The maximum atomic E-state index is 5.87. The van der Waals surface area contributed by atoms with Crippen LogP contribution >= 0.6 is 0 Å². The Bertz CT molecular complexity index is 1100. The zero-order valence-corrected chi connectivity index (χ0v) is 13.4. The molecule has 0 aliphatic carbocycles. The zero-order valence-electron chi connectivity index (χ0n) is 13.4. The van der Waals surface area contributed by atoms with Gasteiger partial charge >= 0.3 is 0 Å². The molecule has 0 saturated carbocycles. The highest BCUT2D eigenvalue weighted by atomic mass is 16.3. The molecule has 0 unspecified atom stereocenters. The van der Waals surface area contributed by atoms with Gasteiger partial charge in [-0.15, -0.1) is 0 Å². The number of nitrogens with one attached hydrogen (secondary N) is 2. The first-order chi connectivity index (χ1) is 11.8. The van der Waals surface area contributed by atoms with Gasteiger partial charge in [-0.1, -0.05) is 24.3 Å². The molecule has 0 spiro atoms. The molecule has 0 atom stereocenters. The Labute approximate surface area is 139 Å². The second kappa shape index (κ2) is 4.99. The fourth-order valence-electron chi connectivity index (χ4n) is 3.55. The van der Waals surface area contributed by atoms with Crippen LogP contribution in [-0.4, -0.2) is 23.9 Å². The molecule has 3 heterocycles. The molecule has 0 fully saturated rings. The number of aryl methyl sites for hydroxylation is 1. The summed E-state index contributed by atoms with van der Waals surface area (Å²) in [4.78, 5) is 8.06. The minimum absolute atomic E-state index is 0.837. The Morgan fingerprint density at radius 2 is 2.00 bits per heavy atom. The number of nitrogens with zero attached hydrogens (tertiary/aromatic N) is 1. The Morgan fingerprint density at radius 3 is 2.88 bits per heavy atom. The second-order valence-electron chi connectivity index (χ2n) is 6.19. The third-order valence-electron chi connectivity index (χ3n) is 4.67. The predicted octanol–water partition coefficient (Wildman–Crippen LogP) is 4.24. The maximum Gasteiger partial charge on any atom is 0.141 e. The van der Waals surface area contributed by atoms with Crippen LogP contribution in [0.1, 0.15) is 11.3 Å². The van der Waals surface area contributed by atoms with Crippen LogP contribution in [0.4, 0.5) is 0 Å². The lowest BCUT2D eigenvalue weighted by Crippen LogP contribution is -2.19. The summed E-state index contributed by atoms with van der Waals surface area (Å²) >= 11 is 0. The number of benzene rings is 2. The smallest absolute Gasteiger partial charge is 0.141 e. The van der Waals surface area contributed by atoms with E-state index in [2.05, 4.69) is 52.5 Å². The summed E-state index contributed by atoms with van der Waals surface area (Å²) < 4.78 is 5.87. The van der Waals surface area contributed by atoms with E-state index in [-0.39, 0.29) is 0 Å². The molecule has 0 saturated heterocycles. The van der Waals surface area contributed by atoms with Crippen LogP contribution < -0.4 is 5.32 Å². The Hall–Kier alpha value is -3.01. The van der Waals surface area contributed by atoms with E-state index in [9.17, 15) is 0 Å². The van der Waals surface area contributed by atoms with Crippen LogP contribution in [0.15, 0.2) is 58.1 Å². The van der Waals surface area contributed by atoms with Gasteiger partial charge in [0.05, 0.1) is 12.8 Å². The molecule has 4 nitrogen and oxygen atoms in total. The largest absolute Gasteiger partial charge is 0.463 e. The molecule has 1 aliphatic heterocycles. The fraction of sp³-hybridized carbons (Fsp3) is 0.150. The van der Waals surface area contributed by atoms with Crippen LogP contribution in [0.25, 0.3) is 33.0 Å². The van der Waals surface area contributed by atoms with Crippen molar-refractivity contribution in [2.75, 3.05) is 13.1 Å². The standard InChI is InChI=1S/C20H17N3O/c1-12-18(20-21-8-9-22-20)16-10-13(6-7-17(16)23-12)19-15-5-3-2-4-14(15)11-24-19/h2-7,10-11,23H,8-9H2,1H3,(H,21,22). The molecule has 118 valence electrons. The van der Waals surface area contributed by atoms with Crippen molar-refractivity contribution in [1.29, 1.82) is 0 Å². The lowest BCUT2D eigenvalue weighted by molar-refractivity contribution is 0.587. The van der Waals surface area contributed by atoms with E-state index < -0.39 is 0 Å². The molecule has 4 heteroatoms. The van der Waals surface area contributed by atoms with E-state index in [0.29, 0.717) is 0 Å². The monoisotopic (exact) mass is 315 g/mol. The number of hydrogen-bond acceptors (Lipinski definition) is 3. The average molecular weight is 315 g/mol. The highest BCUT2D eigenvalue weighted by Gasteiger charge is 2.18. The summed E-state index contributed by atoms with van der Waals surface area (Å²) in [6, 6.07) is 14.7. The Morgan fingerprint density at radius 1 is 1.08 bits per heavy atom. The van der Waals surface area contributed by atoms with Gasteiger partial charge in [-0.2, -0.15) is 0 Å². The lowest BCUT2D eigenvalue weighted by atomic mass is 10.0. The van der Waals surface area contributed by atoms with Crippen molar-refractivity contribution in [3.05, 3.63) is 60.0 Å². The van der Waals surface area contributed by atoms with Crippen LogP contribution in [0.3, 0.4) is 0 Å². The second-order valence-corrected chi connectivity index (χ2v) is 6.19. The van der Waals surface area contributed by atoms with Crippen LogP contribution in [0.5, 0.6) is 0 Å². The predicted molar refractivity (Wildman–Crippen MR) is 97.7 cm³/mol.